The van der Waals surface area contributed by atoms with Gasteiger partial charge in [-0.15, -0.1) is 11.8 Å². The third-order valence-electron chi connectivity index (χ3n) is 4.83. The molecule has 1 heterocycles. The predicted octanol–water partition coefficient (Wildman–Crippen LogP) is 5.65. The van der Waals surface area contributed by atoms with E-state index in [9.17, 15) is 4.39 Å². The van der Waals surface area contributed by atoms with Crippen molar-refractivity contribution in [1.29, 1.82) is 0 Å². The lowest BCUT2D eigenvalue weighted by molar-refractivity contribution is 0.543. The van der Waals surface area contributed by atoms with Gasteiger partial charge < -0.3 is 4.98 Å². The number of hydrogen-bond donors (Lipinski definition) is 1. The Balaban J connectivity index is 2.16. The summed E-state index contributed by atoms with van der Waals surface area (Å²) in [6, 6.07) is 30.6. The van der Waals surface area contributed by atoms with E-state index in [0.29, 0.717) is 5.03 Å². The number of halogens is 1. The third-order valence-corrected chi connectivity index (χ3v) is 5.51. The molecule has 4 aromatic rings. The molecule has 2 nitrogen and oxygen atoms in total. The van der Waals surface area contributed by atoms with Gasteiger partial charge >= 0.3 is 0 Å². The van der Waals surface area contributed by atoms with E-state index >= 15 is 0 Å². The van der Waals surface area contributed by atoms with Crippen LogP contribution >= 0.6 is 11.8 Å². The summed E-state index contributed by atoms with van der Waals surface area (Å²) >= 11 is 1.44. The van der Waals surface area contributed by atoms with Gasteiger partial charge in [0.1, 0.15) is 5.03 Å². The van der Waals surface area contributed by atoms with Crippen molar-refractivity contribution in [2.75, 3.05) is 6.26 Å². The number of aromatic amines is 1. The maximum atomic E-state index is 14.3. The van der Waals surface area contributed by atoms with Crippen molar-refractivity contribution in [2.24, 2.45) is 0 Å². The second kappa shape index (κ2) is 7.41. The smallest absolute Gasteiger partial charge is 0.287 e. The van der Waals surface area contributed by atoms with E-state index in [0.717, 1.165) is 22.4 Å². The Morgan fingerprint density at radius 3 is 1.52 bits per heavy atom. The summed E-state index contributed by atoms with van der Waals surface area (Å²) in [6.07, 6.45) is 1.35. The molecule has 3 aromatic carbocycles. The standard InChI is InChI=1S/C23H19FN2S/c1-27-21-20(25-22(24)26-21)23(17-11-5-2-6-12-17,18-13-7-3-8-14-18)19-15-9-4-10-16-19/h2-16H,1H3,(H,25,26). The van der Waals surface area contributed by atoms with Crippen LogP contribution in [0.15, 0.2) is 96.0 Å². The van der Waals surface area contributed by atoms with Crippen LogP contribution in [-0.4, -0.2) is 16.2 Å². The summed E-state index contributed by atoms with van der Waals surface area (Å²) in [5.74, 6) is 0. The molecule has 0 spiro atoms. The predicted molar refractivity (Wildman–Crippen MR) is 109 cm³/mol. The monoisotopic (exact) mass is 374 g/mol. The molecule has 0 saturated heterocycles. The number of benzene rings is 3. The van der Waals surface area contributed by atoms with Crippen molar-refractivity contribution in [3.63, 3.8) is 0 Å². The van der Waals surface area contributed by atoms with Crippen LogP contribution in [0.3, 0.4) is 0 Å². The summed E-state index contributed by atoms with van der Waals surface area (Å²) in [5, 5.41) is 0.657. The normalized spacial score (nSPS) is 11.5. The van der Waals surface area contributed by atoms with E-state index in [1.807, 2.05) is 60.9 Å². The molecule has 4 heteroatoms. The molecule has 4 rings (SSSR count). The Bertz CT molecular complexity index is 918. The number of nitrogens with one attached hydrogen (secondary N) is 1. The summed E-state index contributed by atoms with van der Waals surface area (Å²) in [4.78, 5) is 7.05. The molecule has 0 amide bonds. The number of H-pyrrole nitrogens is 1. The highest BCUT2D eigenvalue weighted by Crippen LogP contribution is 2.46. The number of imidazole rings is 1. The van der Waals surface area contributed by atoms with Gasteiger partial charge in [-0.25, -0.2) is 0 Å². The lowest BCUT2D eigenvalue weighted by atomic mass is 9.67. The average molecular weight is 374 g/mol. The van der Waals surface area contributed by atoms with Crippen LogP contribution in [0.5, 0.6) is 0 Å². The lowest BCUT2D eigenvalue weighted by Gasteiger charge is -2.35. The number of rotatable bonds is 5. The van der Waals surface area contributed by atoms with Crippen molar-refractivity contribution in [1.82, 2.24) is 9.97 Å². The zero-order chi connectivity index (χ0) is 18.7. The van der Waals surface area contributed by atoms with E-state index in [1.165, 1.54) is 11.8 Å². The molecule has 0 unspecified atom stereocenters. The number of nitrogens with zero attached hydrogens (tertiary/aromatic N) is 1. The van der Waals surface area contributed by atoms with Crippen LogP contribution in [0.4, 0.5) is 4.39 Å². The summed E-state index contributed by atoms with van der Waals surface area (Å²) in [6.45, 7) is 0. The van der Waals surface area contributed by atoms with Crippen molar-refractivity contribution < 1.29 is 4.39 Å². The van der Waals surface area contributed by atoms with Gasteiger partial charge in [-0.2, -0.15) is 9.37 Å². The lowest BCUT2D eigenvalue weighted by Crippen LogP contribution is -2.32. The molecule has 0 aliphatic rings. The van der Waals surface area contributed by atoms with Crippen LogP contribution in [0.25, 0.3) is 0 Å². The third kappa shape index (κ3) is 2.96. The number of thioether (sulfide) groups is 1. The molecule has 0 fully saturated rings. The van der Waals surface area contributed by atoms with Crippen molar-refractivity contribution in [2.45, 2.75) is 10.4 Å². The minimum Gasteiger partial charge on any atom is -0.316 e. The second-order valence-electron chi connectivity index (χ2n) is 6.26. The molecule has 0 atom stereocenters. The fourth-order valence-corrected chi connectivity index (χ4v) is 4.31. The molecule has 0 aliphatic heterocycles. The molecule has 0 aliphatic carbocycles. The number of aromatic nitrogens is 2. The zero-order valence-electron chi connectivity index (χ0n) is 14.9. The molecule has 0 radical (unpaired) electrons. The van der Waals surface area contributed by atoms with E-state index < -0.39 is 11.5 Å². The number of hydrogen-bond acceptors (Lipinski definition) is 2. The first-order valence-electron chi connectivity index (χ1n) is 8.73. The maximum absolute atomic E-state index is 14.3. The van der Waals surface area contributed by atoms with Gasteiger partial charge in [0.25, 0.3) is 6.08 Å². The van der Waals surface area contributed by atoms with E-state index in [1.54, 1.807) is 0 Å². The van der Waals surface area contributed by atoms with Crippen molar-refractivity contribution in [3.8, 4) is 0 Å². The van der Waals surface area contributed by atoms with Gasteiger partial charge in [-0.1, -0.05) is 91.0 Å². The first-order valence-corrected chi connectivity index (χ1v) is 9.96. The van der Waals surface area contributed by atoms with Crippen LogP contribution in [0, 0.1) is 6.08 Å². The van der Waals surface area contributed by atoms with Gasteiger partial charge in [0.2, 0.25) is 0 Å². The maximum Gasteiger partial charge on any atom is 0.287 e. The first kappa shape index (κ1) is 17.6. The Labute approximate surface area is 162 Å². The Morgan fingerprint density at radius 1 is 0.741 bits per heavy atom. The van der Waals surface area contributed by atoms with Crippen LogP contribution in [0.2, 0.25) is 0 Å². The van der Waals surface area contributed by atoms with E-state index in [2.05, 4.69) is 46.4 Å². The topological polar surface area (TPSA) is 28.7 Å². The fraction of sp³-hybridized carbons (Fsp3) is 0.0870. The highest BCUT2D eigenvalue weighted by Gasteiger charge is 2.42. The minimum absolute atomic E-state index is 0.568. The quantitative estimate of drug-likeness (QED) is 0.361. The van der Waals surface area contributed by atoms with Crippen molar-refractivity contribution >= 4 is 11.8 Å². The highest BCUT2D eigenvalue weighted by atomic mass is 32.2. The van der Waals surface area contributed by atoms with E-state index in [-0.39, 0.29) is 0 Å². The molecule has 0 bridgehead atoms. The second-order valence-corrected chi connectivity index (χ2v) is 7.05. The highest BCUT2D eigenvalue weighted by molar-refractivity contribution is 7.98. The summed E-state index contributed by atoms with van der Waals surface area (Å²) in [7, 11) is 0. The summed E-state index contributed by atoms with van der Waals surface area (Å²) in [5.41, 5.74) is 3.22. The van der Waals surface area contributed by atoms with Gasteiger partial charge in [0.15, 0.2) is 0 Å². The molecular weight excluding hydrogens is 355 g/mol. The Morgan fingerprint density at radius 2 is 1.15 bits per heavy atom. The summed E-state index contributed by atoms with van der Waals surface area (Å²) < 4.78 is 14.3. The Kier molecular flexibility index (Phi) is 4.82. The Hall–Kier alpha value is -2.85. The van der Waals surface area contributed by atoms with Crippen molar-refractivity contribution in [3.05, 3.63) is 119 Å². The van der Waals surface area contributed by atoms with Gasteiger partial charge in [-0.05, 0) is 22.9 Å². The van der Waals surface area contributed by atoms with Crippen LogP contribution < -0.4 is 0 Å². The van der Waals surface area contributed by atoms with E-state index in [4.69, 9.17) is 0 Å². The average Bonchev–Trinajstić information content (AvgIpc) is 3.12. The molecular formula is C23H19FN2S. The van der Waals surface area contributed by atoms with Gasteiger partial charge in [0.05, 0.1) is 11.1 Å². The molecule has 134 valence electrons. The largest absolute Gasteiger partial charge is 0.316 e. The fourth-order valence-electron chi connectivity index (χ4n) is 3.73. The van der Waals surface area contributed by atoms with Crippen LogP contribution in [0.1, 0.15) is 22.4 Å². The van der Waals surface area contributed by atoms with Gasteiger partial charge in [-0.3, -0.25) is 0 Å². The molecule has 1 N–H and O–H groups in total. The van der Waals surface area contributed by atoms with Crippen LogP contribution in [-0.2, 0) is 5.41 Å². The molecule has 1 aromatic heterocycles. The SMILES string of the molecule is CSc1nc(F)[nH]c1C(c1ccccc1)(c1ccccc1)c1ccccc1. The first-order chi connectivity index (χ1) is 13.3. The minimum atomic E-state index is -0.695. The molecule has 27 heavy (non-hydrogen) atoms. The van der Waals surface area contributed by atoms with Gasteiger partial charge in [0, 0.05) is 0 Å². The molecule has 0 saturated carbocycles. The zero-order valence-corrected chi connectivity index (χ0v) is 15.7.